The summed E-state index contributed by atoms with van der Waals surface area (Å²) in [6.45, 7) is 11.6. The van der Waals surface area contributed by atoms with Crippen LogP contribution in [-0.4, -0.2) is 0 Å². The molecule has 0 heteroatoms. The van der Waals surface area contributed by atoms with E-state index >= 15 is 0 Å². The van der Waals surface area contributed by atoms with E-state index in [0.717, 1.165) is 11.8 Å². The van der Waals surface area contributed by atoms with Gasteiger partial charge in [-0.25, -0.2) is 0 Å². The Morgan fingerprint density at radius 2 is 1.67 bits per heavy atom. The summed E-state index contributed by atoms with van der Waals surface area (Å²) >= 11 is 0. The molecule has 0 fully saturated rings. The van der Waals surface area contributed by atoms with Crippen LogP contribution in [0.5, 0.6) is 0 Å². The molecule has 0 radical (unpaired) electrons. The van der Waals surface area contributed by atoms with E-state index in [0.29, 0.717) is 0 Å². The molecule has 0 spiro atoms. The van der Waals surface area contributed by atoms with Gasteiger partial charge in [0.25, 0.3) is 0 Å². The van der Waals surface area contributed by atoms with E-state index in [9.17, 15) is 0 Å². The molecule has 0 aliphatic heterocycles. The third-order valence-electron chi connectivity index (χ3n) is 3.41. The van der Waals surface area contributed by atoms with Crippen LogP contribution in [0.15, 0.2) is 11.6 Å². The van der Waals surface area contributed by atoms with Crippen molar-refractivity contribution in [2.45, 2.75) is 73.1 Å². The Balaban J connectivity index is 4.33. The molecule has 0 saturated carbocycles. The van der Waals surface area contributed by atoms with E-state index in [-0.39, 0.29) is 0 Å². The molecule has 0 saturated heterocycles. The van der Waals surface area contributed by atoms with Gasteiger partial charge in [0.1, 0.15) is 0 Å². The van der Waals surface area contributed by atoms with Gasteiger partial charge in [-0.1, -0.05) is 65.5 Å². The van der Waals surface area contributed by atoms with Crippen molar-refractivity contribution in [3.05, 3.63) is 11.6 Å². The smallest absolute Gasteiger partial charge is 0.0229 e. The highest BCUT2D eigenvalue weighted by molar-refractivity contribution is 5.09. The average Bonchev–Trinajstić information content (AvgIpc) is 2.26. The largest absolute Gasteiger partial charge is 0.0848 e. The fraction of sp³-hybridized carbons (Fsp3) is 0.867. The van der Waals surface area contributed by atoms with Crippen LogP contribution in [0.1, 0.15) is 73.1 Å². The zero-order valence-corrected chi connectivity index (χ0v) is 11.5. The highest BCUT2D eigenvalue weighted by Gasteiger charge is 2.13. The Hall–Kier alpha value is -0.260. The monoisotopic (exact) mass is 210 g/mol. The second-order valence-corrected chi connectivity index (χ2v) is 4.85. The molecule has 15 heavy (non-hydrogen) atoms. The van der Waals surface area contributed by atoms with Crippen LogP contribution in [-0.2, 0) is 0 Å². The summed E-state index contributed by atoms with van der Waals surface area (Å²) in [4.78, 5) is 0. The number of unbranched alkanes of at least 4 members (excludes halogenated alkanes) is 2. The summed E-state index contributed by atoms with van der Waals surface area (Å²) in [5.41, 5.74) is 1.72. The fourth-order valence-corrected chi connectivity index (χ4v) is 2.11. The van der Waals surface area contributed by atoms with E-state index in [2.05, 4.69) is 40.7 Å². The molecule has 0 aromatic rings. The number of hydrogen-bond donors (Lipinski definition) is 0. The van der Waals surface area contributed by atoms with Gasteiger partial charge in [0.15, 0.2) is 0 Å². The van der Waals surface area contributed by atoms with Gasteiger partial charge in [-0.15, -0.1) is 0 Å². The van der Waals surface area contributed by atoms with Gasteiger partial charge in [0.05, 0.1) is 0 Å². The van der Waals surface area contributed by atoms with Crippen LogP contribution in [0, 0.1) is 11.8 Å². The van der Waals surface area contributed by atoms with Crippen LogP contribution in [0.2, 0.25) is 0 Å². The van der Waals surface area contributed by atoms with E-state index in [4.69, 9.17) is 0 Å². The van der Waals surface area contributed by atoms with Crippen molar-refractivity contribution in [3.63, 3.8) is 0 Å². The summed E-state index contributed by atoms with van der Waals surface area (Å²) in [6.07, 6.45) is 10.4. The lowest BCUT2D eigenvalue weighted by Crippen LogP contribution is -2.08. The molecule has 0 amide bonds. The molecular weight excluding hydrogens is 180 g/mol. The molecule has 0 N–H and O–H groups in total. The molecule has 0 heterocycles. The first-order chi connectivity index (χ1) is 7.17. The van der Waals surface area contributed by atoms with Gasteiger partial charge in [0.2, 0.25) is 0 Å². The predicted octanol–water partition coefficient (Wildman–Crippen LogP) is 5.59. The van der Waals surface area contributed by atoms with E-state index in [1.807, 2.05) is 0 Å². The Labute approximate surface area is 97.2 Å². The maximum atomic E-state index is 2.51. The minimum Gasteiger partial charge on any atom is -0.0848 e. The molecule has 2 atom stereocenters. The molecule has 0 aromatic heterocycles. The molecular formula is C15H30. The van der Waals surface area contributed by atoms with Gasteiger partial charge in [-0.2, -0.15) is 0 Å². The lowest BCUT2D eigenvalue weighted by atomic mass is 9.84. The van der Waals surface area contributed by atoms with Crippen molar-refractivity contribution >= 4 is 0 Å². The maximum absolute atomic E-state index is 2.51. The van der Waals surface area contributed by atoms with Crippen molar-refractivity contribution < 1.29 is 0 Å². The summed E-state index contributed by atoms with van der Waals surface area (Å²) < 4.78 is 0. The Morgan fingerprint density at radius 1 is 1.00 bits per heavy atom. The lowest BCUT2D eigenvalue weighted by molar-refractivity contribution is 0.493. The summed E-state index contributed by atoms with van der Waals surface area (Å²) in [7, 11) is 0. The van der Waals surface area contributed by atoms with Crippen LogP contribution in [0.3, 0.4) is 0 Å². The average molecular weight is 210 g/mol. The lowest BCUT2D eigenvalue weighted by Gasteiger charge is -2.21. The summed E-state index contributed by atoms with van der Waals surface area (Å²) in [5, 5.41) is 0. The van der Waals surface area contributed by atoms with Crippen LogP contribution in [0.25, 0.3) is 0 Å². The Bertz CT molecular complexity index is 167. The highest BCUT2D eigenvalue weighted by Crippen LogP contribution is 2.27. The van der Waals surface area contributed by atoms with Crippen molar-refractivity contribution in [2.75, 3.05) is 0 Å². The van der Waals surface area contributed by atoms with Crippen LogP contribution >= 0.6 is 0 Å². The molecule has 0 rings (SSSR count). The van der Waals surface area contributed by atoms with E-state index < -0.39 is 0 Å². The molecule has 2 unspecified atom stereocenters. The molecule has 0 nitrogen and oxygen atoms in total. The Kier molecular flexibility index (Phi) is 8.85. The predicted molar refractivity (Wildman–Crippen MR) is 71.1 cm³/mol. The van der Waals surface area contributed by atoms with Crippen LogP contribution in [0.4, 0.5) is 0 Å². The van der Waals surface area contributed by atoms with Gasteiger partial charge in [-0.3, -0.25) is 0 Å². The number of rotatable bonds is 8. The minimum absolute atomic E-state index is 0.781. The van der Waals surface area contributed by atoms with Gasteiger partial charge in [0, 0.05) is 0 Å². The topological polar surface area (TPSA) is 0 Å². The first kappa shape index (κ1) is 14.7. The molecule has 0 bridgehead atoms. The van der Waals surface area contributed by atoms with Crippen molar-refractivity contribution in [2.24, 2.45) is 11.8 Å². The summed E-state index contributed by atoms with van der Waals surface area (Å²) in [6, 6.07) is 0. The number of hydrogen-bond acceptors (Lipinski definition) is 0. The zero-order valence-electron chi connectivity index (χ0n) is 11.5. The molecule has 0 aliphatic rings. The van der Waals surface area contributed by atoms with Crippen LogP contribution < -0.4 is 0 Å². The Morgan fingerprint density at radius 3 is 2.13 bits per heavy atom. The minimum atomic E-state index is 0.781. The maximum Gasteiger partial charge on any atom is -0.0229 e. The molecule has 0 aliphatic carbocycles. The SMILES string of the molecule is CCCC=C(C(C)CC)C(C)CCCC. The third-order valence-corrected chi connectivity index (χ3v) is 3.41. The van der Waals surface area contributed by atoms with E-state index in [1.165, 1.54) is 38.5 Å². The first-order valence-corrected chi connectivity index (χ1v) is 6.87. The third kappa shape index (κ3) is 6.02. The quantitative estimate of drug-likeness (QED) is 0.458. The van der Waals surface area contributed by atoms with Crippen molar-refractivity contribution in [1.82, 2.24) is 0 Å². The zero-order chi connectivity index (χ0) is 11.7. The van der Waals surface area contributed by atoms with E-state index in [1.54, 1.807) is 5.57 Å². The van der Waals surface area contributed by atoms with Crippen molar-refractivity contribution in [1.29, 1.82) is 0 Å². The highest BCUT2D eigenvalue weighted by atomic mass is 14.2. The van der Waals surface area contributed by atoms with Gasteiger partial charge >= 0.3 is 0 Å². The summed E-state index contributed by atoms with van der Waals surface area (Å²) in [5.74, 6) is 1.58. The second kappa shape index (κ2) is 9.00. The standard InChI is InChI=1S/C15H30/c1-6-9-11-14(5)15(12-10-7-2)13(4)8-3/h12-14H,6-11H2,1-5H3. The molecule has 90 valence electrons. The van der Waals surface area contributed by atoms with Gasteiger partial charge < -0.3 is 0 Å². The second-order valence-electron chi connectivity index (χ2n) is 4.85. The fourth-order valence-electron chi connectivity index (χ4n) is 2.11. The molecule has 0 aromatic carbocycles. The number of allylic oxidation sites excluding steroid dienone is 2. The normalized spacial score (nSPS) is 16.5. The first-order valence-electron chi connectivity index (χ1n) is 6.87. The van der Waals surface area contributed by atoms with Gasteiger partial charge in [-0.05, 0) is 31.1 Å². The van der Waals surface area contributed by atoms with Crippen molar-refractivity contribution in [3.8, 4) is 0 Å².